The SMILES string of the molecule is [2H]C([2H])([2H])c1cccc(C([2H])([2H])[2H])c1-c1cc2c3c(c1)n(-c1[c-]c(Oc4[c-]c5c(cc4)c4ccccc4n5-c4cc(C(C)(C)C)ccn4)ccc1)[c-][n+]3-c1c(-c3ccc(C(C)(C)C)cc3)cc(C(C)(C)C)cc1-c1ccccc1-c1ccccc1-2.[Pt]. The smallest absolute Gasteiger partial charge is 0.268 e. The summed E-state index contributed by atoms with van der Waals surface area (Å²) >= 11 is 0. The van der Waals surface area contributed by atoms with E-state index in [2.05, 4.69) is 193 Å². The van der Waals surface area contributed by atoms with E-state index in [1.54, 1.807) is 0 Å². The molecule has 5 nitrogen and oxygen atoms in total. The molecule has 0 saturated heterocycles. The molecule has 0 bridgehead atoms. The molecule has 0 N–H and O–H groups in total. The van der Waals surface area contributed by atoms with Crippen molar-refractivity contribution in [2.24, 2.45) is 0 Å². The van der Waals surface area contributed by atoms with Crippen LogP contribution in [-0.4, -0.2) is 14.1 Å². The van der Waals surface area contributed by atoms with Gasteiger partial charge in [-0.25, -0.2) is 4.98 Å². The molecule has 1 aliphatic rings. The van der Waals surface area contributed by atoms with Gasteiger partial charge < -0.3 is 13.9 Å². The van der Waals surface area contributed by atoms with Gasteiger partial charge in [0.15, 0.2) is 0 Å². The van der Waals surface area contributed by atoms with Crippen LogP contribution in [0.1, 0.15) is 98.4 Å². The summed E-state index contributed by atoms with van der Waals surface area (Å²) in [6, 6.07) is 68.3. The third-order valence-electron chi connectivity index (χ3n) is 15.7. The molecule has 9 aromatic carbocycles. The minimum absolute atomic E-state index is 0. The van der Waals surface area contributed by atoms with Gasteiger partial charge >= 0.3 is 0 Å². The molecule has 12 aromatic rings. The van der Waals surface area contributed by atoms with Crippen molar-refractivity contribution in [3.8, 4) is 84.3 Å². The summed E-state index contributed by atoms with van der Waals surface area (Å²) in [6.45, 7) is 14.7. The predicted molar refractivity (Wildman–Crippen MR) is 326 cm³/mol. The molecule has 80 heavy (non-hydrogen) atoms. The summed E-state index contributed by atoms with van der Waals surface area (Å²) < 4.78 is 66.4. The largest absolute Gasteiger partial charge is 0.510 e. The number of rotatable bonds is 6. The van der Waals surface area contributed by atoms with Gasteiger partial charge in [0, 0.05) is 52.5 Å². The second-order valence-corrected chi connectivity index (χ2v) is 24.1. The van der Waals surface area contributed by atoms with Crippen LogP contribution in [0.25, 0.3) is 106 Å². The summed E-state index contributed by atoms with van der Waals surface area (Å²) in [5.41, 5.74) is 15.8. The molecule has 0 amide bonds. The molecule has 0 atom stereocenters. The number of hydrogen-bond donors (Lipinski definition) is 0. The molecule has 0 radical (unpaired) electrons. The van der Waals surface area contributed by atoms with E-state index in [0.717, 1.165) is 94.5 Å². The zero-order chi connectivity index (χ0) is 59.7. The second kappa shape index (κ2) is 19.6. The van der Waals surface area contributed by atoms with Crippen molar-refractivity contribution in [2.45, 2.75) is 92.3 Å². The Kier molecular flexibility index (Phi) is 11.2. The van der Waals surface area contributed by atoms with Gasteiger partial charge in [0.25, 0.3) is 6.33 Å². The fourth-order valence-electron chi connectivity index (χ4n) is 11.5. The first-order valence-corrected chi connectivity index (χ1v) is 27.1. The van der Waals surface area contributed by atoms with E-state index in [0.29, 0.717) is 28.3 Å². The van der Waals surface area contributed by atoms with Crippen molar-refractivity contribution in [3.63, 3.8) is 0 Å². The Balaban J connectivity index is 0.00000724. The van der Waals surface area contributed by atoms with Gasteiger partial charge in [-0.15, -0.1) is 29.7 Å². The Morgan fingerprint density at radius 1 is 0.487 bits per heavy atom. The van der Waals surface area contributed by atoms with Crippen molar-refractivity contribution >= 4 is 32.8 Å². The molecule has 0 fully saturated rings. The number of hydrogen-bond acceptors (Lipinski definition) is 2. The first-order valence-electron chi connectivity index (χ1n) is 30.1. The quantitative estimate of drug-likeness (QED) is 0.123. The standard InChI is InChI=1S/C74H64N4O.Pt/c1-46-20-18-21-47(2)69(46)49-38-63-58-26-14-12-24-56(58)57-25-13-15-27-59(57)64-41-52(74(9,10)11)40-62(48-30-32-50(33-31-48)72(3,4)5)70(64)77-45-76(67(39-49)71(63)77)53-22-19-23-54(43-53)79-55-34-35-61-60-28-16-17-29-65(60)78(66(61)44-55)68-42-51(36-37-75-68)73(6,7)8;/h12-42H,1-11H3;/q-2;/i1D3,2D3;. The molecule has 0 spiro atoms. The summed E-state index contributed by atoms with van der Waals surface area (Å²) in [5.74, 6) is 1.66. The number of imidazole rings is 1. The van der Waals surface area contributed by atoms with Crippen molar-refractivity contribution in [3.05, 3.63) is 234 Å². The van der Waals surface area contributed by atoms with Crippen molar-refractivity contribution < 1.29 is 38.6 Å². The maximum Gasteiger partial charge on any atom is 0.268 e. The van der Waals surface area contributed by atoms with Crippen LogP contribution in [0.15, 0.2) is 188 Å². The number of fused-ring (bicyclic) bond motifs is 10. The molecule has 0 unspecified atom stereocenters. The summed E-state index contributed by atoms with van der Waals surface area (Å²) in [6.07, 6.45) is 5.78. The molecule has 0 aliphatic carbocycles. The van der Waals surface area contributed by atoms with Crippen LogP contribution in [0.5, 0.6) is 11.5 Å². The molecule has 0 saturated carbocycles. The maximum absolute atomic E-state index is 8.89. The molecule has 398 valence electrons. The zero-order valence-electron chi connectivity index (χ0n) is 52.4. The molecule has 3 aromatic heterocycles. The van der Waals surface area contributed by atoms with E-state index < -0.39 is 13.7 Å². The number of aromatic nitrogens is 4. The van der Waals surface area contributed by atoms with Gasteiger partial charge in [-0.1, -0.05) is 195 Å². The first-order chi connectivity index (χ1) is 40.3. The second-order valence-electron chi connectivity index (χ2n) is 24.1. The topological polar surface area (TPSA) is 35.9 Å². The van der Waals surface area contributed by atoms with Crippen LogP contribution >= 0.6 is 0 Å². The van der Waals surface area contributed by atoms with Gasteiger partial charge in [0.1, 0.15) is 5.82 Å². The van der Waals surface area contributed by atoms with E-state index in [-0.39, 0.29) is 54.0 Å². The Morgan fingerprint density at radius 3 is 1.77 bits per heavy atom. The van der Waals surface area contributed by atoms with Crippen molar-refractivity contribution in [2.75, 3.05) is 0 Å². The molecule has 1 aliphatic heterocycles. The number of nitrogens with zero attached hydrogens (tertiary/aromatic N) is 4. The van der Waals surface area contributed by atoms with Crippen LogP contribution in [0.2, 0.25) is 0 Å². The first kappa shape index (κ1) is 45.7. The van der Waals surface area contributed by atoms with Crippen molar-refractivity contribution in [1.82, 2.24) is 14.1 Å². The molecule has 13 rings (SSSR count). The third-order valence-corrected chi connectivity index (χ3v) is 15.7. The minimum Gasteiger partial charge on any atom is -0.510 e. The fourth-order valence-corrected chi connectivity index (χ4v) is 11.5. The van der Waals surface area contributed by atoms with E-state index in [1.165, 1.54) is 23.8 Å². The van der Waals surface area contributed by atoms with Gasteiger partial charge in [-0.2, -0.15) is 18.2 Å². The van der Waals surface area contributed by atoms with Crippen LogP contribution in [0, 0.1) is 32.2 Å². The van der Waals surface area contributed by atoms with Gasteiger partial charge in [0.05, 0.1) is 16.7 Å². The van der Waals surface area contributed by atoms with Crippen LogP contribution in [0.3, 0.4) is 0 Å². The average Bonchev–Trinajstić information content (AvgIpc) is 1.58. The summed E-state index contributed by atoms with van der Waals surface area (Å²) in [5, 5.41) is 2.07. The van der Waals surface area contributed by atoms with E-state index in [1.807, 2.05) is 71.4 Å². The Hall–Kier alpha value is -8.11. The number of aryl methyl sites for hydroxylation is 2. The van der Waals surface area contributed by atoms with Crippen LogP contribution < -0.4 is 9.30 Å². The Bertz CT molecular complexity index is 4630. The summed E-state index contributed by atoms with van der Waals surface area (Å²) in [4.78, 5) is 4.89. The van der Waals surface area contributed by atoms with Crippen molar-refractivity contribution in [1.29, 1.82) is 0 Å². The number of benzene rings is 9. The molecule has 6 heteroatoms. The molecular weight excluding hydrogens is 1160 g/mol. The van der Waals surface area contributed by atoms with Crippen LogP contribution in [-0.2, 0) is 37.3 Å². The minimum atomic E-state index is -2.67. The predicted octanol–water partition coefficient (Wildman–Crippen LogP) is 18.7. The van der Waals surface area contributed by atoms with Gasteiger partial charge in [-0.05, 0) is 149 Å². The van der Waals surface area contributed by atoms with E-state index >= 15 is 0 Å². The monoisotopic (exact) mass is 1230 g/mol. The average molecular weight is 1230 g/mol. The molecule has 4 heterocycles. The van der Waals surface area contributed by atoms with E-state index in [9.17, 15) is 0 Å². The Labute approximate surface area is 493 Å². The summed E-state index contributed by atoms with van der Waals surface area (Å²) in [7, 11) is 0. The molecular formula is C74H64N4OPt-2. The zero-order valence-corrected chi connectivity index (χ0v) is 48.7. The number of pyridine rings is 1. The fraction of sp³-hybridized carbons (Fsp3) is 0.189. The number of para-hydroxylation sites is 1. The third kappa shape index (κ3) is 9.01. The maximum atomic E-state index is 8.89. The van der Waals surface area contributed by atoms with Gasteiger partial charge in [0.2, 0.25) is 0 Å². The van der Waals surface area contributed by atoms with Gasteiger partial charge in [-0.3, -0.25) is 4.57 Å². The Morgan fingerprint density at radius 2 is 1.10 bits per heavy atom. The van der Waals surface area contributed by atoms with E-state index in [4.69, 9.17) is 17.9 Å². The normalized spacial score (nSPS) is 13.8. The van der Waals surface area contributed by atoms with Crippen LogP contribution in [0.4, 0.5) is 0 Å². The number of ether oxygens (including phenoxy) is 1.